The fourth-order valence-electron chi connectivity index (χ4n) is 1.30. The van der Waals surface area contributed by atoms with Crippen molar-refractivity contribution in [2.45, 2.75) is 38.4 Å². The van der Waals surface area contributed by atoms with Crippen molar-refractivity contribution in [3.63, 3.8) is 0 Å². The zero-order valence-electron chi connectivity index (χ0n) is 9.69. The Kier molecular flexibility index (Phi) is 7.34. The lowest BCUT2D eigenvalue weighted by Gasteiger charge is -2.27. The molecule has 0 spiro atoms. The van der Waals surface area contributed by atoms with Gasteiger partial charge in [-0.15, -0.1) is 0 Å². The highest BCUT2D eigenvalue weighted by Crippen LogP contribution is 2.53. The largest absolute Gasteiger partial charge is 0.341 e. The Balaban J connectivity index is 4.64. The SMILES string of the molecule is CCC(ONC)P(=O)(O)C(CC)ONC. The Labute approximate surface area is 90.7 Å². The number of hydrogen-bond donors (Lipinski definition) is 3. The van der Waals surface area contributed by atoms with Gasteiger partial charge in [0.2, 0.25) is 0 Å². The van der Waals surface area contributed by atoms with Gasteiger partial charge in [-0.1, -0.05) is 13.8 Å². The lowest BCUT2D eigenvalue weighted by atomic mass is 10.5. The summed E-state index contributed by atoms with van der Waals surface area (Å²) >= 11 is 0. The minimum absolute atomic E-state index is 0.443. The highest BCUT2D eigenvalue weighted by Gasteiger charge is 2.39. The average molecular weight is 240 g/mol. The molecule has 92 valence electrons. The molecule has 3 N–H and O–H groups in total. The number of hydroxylamine groups is 2. The van der Waals surface area contributed by atoms with Crippen molar-refractivity contribution in [2.75, 3.05) is 14.1 Å². The predicted octanol–water partition coefficient (Wildman–Crippen LogP) is 1.03. The van der Waals surface area contributed by atoms with Crippen molar-refractivity contribution in [2.24, 2.45) is 0 Å². The van der Waals surface area contributed by atoms with Crippen LogP contribution >= 0.6 is 7.37 Å². The molecule has 0 aliphatic heterocycles. The van der Waals surface area contributed by atoms with E-state index in [1.807, 2.05) is 0 Å². The van der Waals surface area contributed by atoms with E-state index >= 15 is 0 Å². The molecule has 0 aliphatic carbocycles. The molecule has 0 rings (SSSR count). The highest BCUT2D eigenvalue weighted by atomic mass is 31.2. The summed E-state index contributed by atoms with van der Waals surface area (Å²) in [6, 6.07) is 0. The van der Waals surface area contributed by atoms with E-state index in [0.29, 0.717) is 12.8 Å². The first-order valence-electron chi connectivity index (χ1n) is 5.01. The van der Waals surface area contributed by atoms with E-state index in [1.54, 1.807) is 27.9 Å². The predicted molar refractivity (Wildman–Crippen MR) is 58.3 cm³/mol. The second-order valence-corrected chi connectivity index (χ2v) is 5.54. The summed E-state index contributed by atoms with van der Waals surface area (Å²) in [4.78, 5) is 20.0. The van der Waals surface area contributed by atoms with E-state index in [0.717, 1.165) is 0 Å². The van der Waals surface area contributed by atoms with Gasteiger partial charge in [-0.25, -0.2) is 11.0 Å². The maximum atomic E-state index is 12.1. The van der Waals surface area contributed by atoms with Crippen molar-refractivity contribution in [3.05, 3.63) is 0 Å². The fourth-order valence-corrected chi connectivity index (χ4v) is 3.23. The lowest BCUT2D eigenvalue weighted by molar-refractivity contribution is -0.00317. The van der Waals surface area contributed by atoms with Crippen LogP contribution in [0.5, 0.6) is 0 Å². The van der Waals surface area contributed by atoms with Crippen molar-refractivity contribution in [1.29, 1.82) is 0 Å². The Morgan fingerprint density at radius 1 is 1.13 bits per heavy atom. The lowest BCUT2D eigenvalue weighted by Crippen LogP contribution is -2.29. The molecular formula is C8H21N2O4P. The van der Waals surface area contributed by atoms with E-state index < -0.39 is 19.1 Å². The van der Waals surface area contributed by atoms with Crippen molar-refractivity contribution >= 4 is 7.37 Å². The van der Waals surface area contributed by atoms with Gasteiger partial charge >= 0.3 is 0 Å². The first-order chi connectivity index (χ1) is 7.04. The molecule has 0 aromatic carbocycles. The molecule has 0 saturated heterocycles. The normalized spacial score (nSPS) is 19.5. The number of nitrogens with one attached hydrogen (secondary N) is 2. The van der Waals surface area contributed by atoms with Crippen LogP contribution < -0.4 is 11.0 Å². The zero-order chi connectivity index (χ0) is 11.9. The zero-order valence-corrected chi connectivity index (χ0v) is 10.6. The third-order valence-electron chi connectivity index (χ3n) is 2.03. The monoisotopic (exact) mass is 240 g/mol. The average Bonchev–Trinajstić information content (AvgIpc) is 2.21. The molecule has 0 aromatic heterocycles. The molecule has 6 nitrogen and oxygen atoms in total. The van der Waals surface area contributed by atoms with Crippen LogP contribution in [0.15, 0.2) is 0 Å². The van der Waals surface area contributed by atoms with E-state index in [-0.39, 0.29) is 0 Å². The van der Waals surface area contributed by atoms with Gasteiger partial charge in [-0.3, -0.25) is 14.2 Å². The Morgan fingerprint density at radius 2 is 1.47 bits per heavy atom. The minimum Gasteiger partial charge on any atom is -0.341 e. The van der Waals surface area contributed by atoms with Gasteiger partial charge in [0.05, 0.1) is 0 Å². The van der Waals surface area contributed by atoms with Gasteiger partial charge in [0.25, 0.3) is 7.37 Å². The van der Waals surface area contributed by atoms with Gasteiger partial charge in [-0.2, -0.15) is 0 Å². The summed E-state index contributed by atoms with van der Waals surface area (Å²) < 4.78 is 12.1. The molecule has 0 saturated carbocycles. The molecule has 0 aromatic rings. The van der Waals surface area contributed by atoms with Gasteiger partial charge in [0.15, 0.2) is 11.7 Å². The topological polar surface area (TPSA) is 79.8 Å². The third kappa shape index (κ3) is 4.18. The van der Waals surface area contributed by atoms with E-state index in [9.17, 15) is 9.46 Å². The Bertz CT molecular complexity index is 197. The maximum Gasteiger partial charge on any atom is 0.260 e. The summed E-state index contributed by atoms with van der Waals surface area (Å²) in [7, 11) is -0.399. The van der Waals surface area contributed by atoms with Crippen LogP contribution in [0.3, 0.4) is 0 Å². The van der Waals surface area contributed by atoms with Crippen molar-refractivity contribution in [1.82, 2.24) is 11.0 Å². The van der Waals surface area contributed by atoms with Crippen molar-refractivity contribution < 1.29 is 19.1 Å². The van der Waals surface area contributed by atoms with Gasteiger partial charge in [-0.05, 0) is 12.8 Å². The Hall–Kier alpha value is 0.0300. The second kappa shape index (κ2) is 7.33. The first kappa shape index (κ1) is 15.0. The van der Waals surface area contributed by atoms with Crippen LogP contribution in [0.25, 0.3) is 0 Å². The Morgan fingerprint density at radius 3 is 1.67 bits per heavy atom. The maximum absolute atomic E-state index is 12.1. The quantitative estimate of drug-likeness (QED) is 0.434. The molecule has 7 heteroatoms. The van der Waals surface area contributed by atoms with Crippen LogP contribution in [0.1, 0.15) is 26.7 Å². The summed E-state index contributed by atoms with van der Waals surface area (Å²) in [5.74, 6) is -1.50. The van der Waals surface area contributed by atoms with Crippen LogP contribution in [0.4, 0.5) is 0 Å². The molecular weight excluding hydrogens is 219 g/mol. The molecule has 0 amide bonds. The molecule has 0 fully saturated rings. The molecule has 2 atom stereocenters. The molecule has 15 heavy (non-hydrogen) atoms. The molecule has 0 aliphatic rings. The minimum atomic E-state index is -3.52. The van der Waals surface area contributed by atoms with E-state index in [4.69, 9.17) is 9.68 Å². The molecule has 0 radical (unpaired) electrons. The summed E-state index contributed by atoms with van der Waals surface area (Å²) in [6.45, 7) is 3.58. The van der Waals surface area contributed by atoms with Crippen LogP contribution in [-0.2, 0) is 14.2 Å². The van der Waals surface area contributed by atoms with Crippen LogP contribution in [0.2, 0.25) is 0 Å². The van der Waals surface area contributed by atoms with Gasteiger partial charge < -0.3 is 4.89 Å². The standard InChI is InChI=1S/C8H21N2O4P/c1-5-7(13-9-3)15(11,12)8(6-2)14-10-4/h7-10H,5-6H2,1-4H3,(H,11,12). The van der Waals surface area contributed by atoms with Gasteiger partial charge in [0, 0.05) is 14.1 Å². The molecule has 0 heterocycles. The van der Waals surface area contributed by atoms with E-state index in [1.165, 1.54) is 0 Å². The summed E-state index contributed by atoms with van der Waals surface area (Å²) in [6.07, 6.45) is 0.885. The third-order valence-corrected chi connectivity index (χ3v) is 4.62. The van der Waals surface area contributed by atoms with Gasteiger partial charge in [0.1, 0.15) is 0 Å². The highest BCUT2D eigenvalue weighted by molar-refractivity contribution is 7.59. The van der Waals surface area contributed by atoms with E-state index in [2.05, 4.69) is 11.0 Å². The second-order valence-electron chi connectivity index (χ2n) is 3.04. The van der Waals surface area contributed by atoms with Crippen LogP contribution in [0, 0.1) is 0 Å². The number of rotatable bonds is 8. The van der Waals surface area contributed by atoms with Crippen LogP contribution in [-0.4, -0.2) is 30.7 Å². The smallest absolute Gasteiger partial charge is 0.260 e. The molecule has 2 unspecified atom stereocenters. The first-order valence-corrected chi connectivity index (χ1v) is 6.81. The molecule has 0 bridgehead atoms. The summed E-state index contributed by atoms with van der Waals surface area (Å²) in [5, 5.41) is 0. The number of hydrogen-bond acceptors (Lipinski definition) is 5. The summed E-state index contributed by atoms with van der Waals surface area (Å²) in [5.41, 5.74) is 4.88. The fraction of sp³-hybridized carbons (Fsp3) is 1.00. The van der Waals surface area contributed by atoms with Crippen molar-refractivity contribution in [3.8, 4) is 0 Å².